The summed E-state index contributed by atoms with van der Waals surface area (Å²) in [5, 5.41) is 4.68. The number of hydrogen-bond acceptors (Lipinski definition) is 4. The van der Waals surface area contributed by atoms with Gasteiger partial charge in [0.15, 0.2) is 11.5 Å². The van der Waals surface area contributed by atoms with Crippen LogP contribution in [0.3, 0.4) is 0 Å². The van der Waals surface area contributed by atoms with Crippen LogP contribution in [0.2, 0.25) is 5.02 Å². The Kier molecular flexibility index (Phi) is 4.16. The van der Waals surface area contributed by atoms with Crippen LogP contribution < -0.4 is 15.2 Å². The average Bonchev–Trinajstić information content (AvgIpc) is 3.10. The lowest BCUT2D eigenvalue weighted by Gasteiger charge is -2.18. The molecular formula is C16H20ClN3O2. The zero-order valence-electron chi connectivity index (χ0n) is 12.8. The zero-order chi connectivity index (χ0) is 15.7. The minimum atomic E-state index is 0.228. The number of methoxy groups -OCH3 is 1. The number of nitrogens with two attached hydrogens (primary N) is 1. The van der Waals surface area contributed by atoms with E-state index in [1.165, 1.54) is 12.8 Å². The lowest BCUT2D eigenvalue weighted by molar-refractivity contribution is 0.201. The molecule has 0 saturated heterocycles. The molecule has 1 aliphatic carbocycles. The molecule has 1 saturated carbocycles. The highest BCUT2D eigenvalue weighted by molar-refractivity contribution is 6.32. The smallest absolute Gasteiger partial charge is 0.179 e. The van der Waals surface area contributed by atoms with Gasteiger partial charge >= 0.3 is 0 Å². The van der Waals surface area contributed by atoms with Gasteiger partial charge in [-0.25, -0.2) is 0 Å². The summed E-state index contributed by atoms with van der Waals surface area (Å²) in [5.74, 6) is 1.83. The Bertz CT molecular complexity index is 678. The zero-order valence-corrected chi connectivity index (χ0v) is 13.6. The van der Waals surface area contributed by atoms with E-state index in [1.54, 1.807) is 25.0 Å². The topological polar surface area (TPSA) is 62.3 Å². The maximum absolute atomic E-state index is 6.36. The van der Waals surface area contributed by atoms with Crippen molar-refractivity contribution in [1.82, 2.24) is 9.78 Å². The fourth-order valence-electron chi connectivity index (χ4n) is 2.86. The van der Waals surface area contributed by atoms with Gasteiger partial charge in [0.05, 0.1) is 24.4 Å². The van der Waals surface area contributed by atoms with Gasteiger partial charge in [0, 0.05) is 12.6 Å². The van der Waals surface area contributed by atoms with E-state index in [0.717, 1.165) is 24.0 Å². The number of nitrogens with zero attached hydrogens (tertiary/aromatic N) is 2. The number of aryl methyl sites for hydroxylation is 1. The first kappa shape index (κ1) is 15.0. The van der Waals surface area contributed by atoms with Crippen LogP contribution in [-0.2, 0) is 7.05 Å². The van der Waals surface area contributed by atoms with Crippen LogP contribution in [0, 0.1) is 0 Å². The molecule has 118 valence electrons. The van der Waals surface area contributed by atoms with Crippen LogP contribution in [0.25, 0.3) is 11.1 Å². The Balaban J connectivity index is 2.01. The normalized spacial score (nSPS) is 15.2. The van der Waals surface area contributed by atoms with Crippen LogP contribution >= 0.6 is 11.6 Å². The van der Waals surface area contributed by atoms with Crippen molar-refractivity contribution in [2.75, 3.05) is 12.8 Å². The highest BCUT2D eigenvalue weighted by Gasteiger charge is 2.21. The molecule has 1 fully saturated rings. The molecule has 22 heavy (non-hydrogen) atoms. The summed E-state index contributed by atoms with van der Waals surface area (Å²) < 4.78 is 13.1. The van der Waals surface area contributed by atoms with Gasteiger partial charge in [-0.2, -0.15) is 5.10 Å². The van der Waals surface area contributed by atoms with Gasteiger partial charge in [0.1, 0.15) is 5.82 Å². The van der Waals surface area contributed by atoms with E-state index in [4.69, 9.17) is 26.8 Å². The van der Waals surface area contributed by atoms with Crippen LogP contribution in [0.15, 0.2) is 18.3 Å². The van der Waals surface area contributed by atoms with Crippen LogP contribution in [-0.4, -0.2) is 23.0 Å². The van der Waals surface area contributed by atoms with Crippen LogP contribution in [0.1, 0.15) is 25.7 Å². The second kappa shape index (κ2) is 6.08. The number of halogens is 1. The number of nitrogen functional groups attached to an aromatic ring is 1. The molecule has 0 atom stereocenters. The summed E-state index contributed by atoms with van der Waals surface area (Å²) in [6, 6.07) is 3.76. The minimum Gasteiger partial charge on any atom is -0.491 e. The van der Waals surface area contributed by atoms with Crippen LogP contribution in [0.5, 0.6) is 11.5 Å². The lowest BCUT2D eigenvalue weighted by atomic mass is 10.1. The van der Waals surface area contributed by atoms with Gasteiger partial charge in [-0.15, -0.1) is 0 Å². The van der Waals surface area contributed by atoms with Crippen molar-refractivity contribution in [2.45, 2.75) is 31.8 Å². The van der Waals surface area contributed by atoms with E-state index in [-0.39, 0.29) is 6.10 Å². The van der Waals surface area contributed by atoms with E-state index < -0.39 is 0 Å². The molecule has 1 heterocycles. The highest BCUT2D eigenvalue weighted by atomic mass is 35.5. The molecule has 0 bridgehead atoms. The molecule has 2 N–H and O–H groups in total. The van der Waals surface area contributed by atoms with Gasteiger partial charge in [0.2, 0.25) is 0 Å². The molecule has 1 aromatic carbocycles. The van der Waals surface area contributed by atoms with E-state index in [1.807, 2.05) is 12.1 Å². The maximum atomic E-state index is 6.36. The Hall–Kier alpha value is -1.88. The van der Waals surface area contributed by atoms with Crippen molar-refractivity contribution in [3.8, 4) is 22.6 Å². The standard InChI is InChI=1S/C16H20ClN3O2/c1-20-16(18)12(9-19-20)10-7-13(17)15(21-2)14(8-10)22-11-5-3-4-6-11/h7-9,11H,3-6,18H2,1-2H3. The lowest BCUT2D eigenvalue weighted by Crippen LogP contribution is -2.11. The predicted octanol–water partition coefficient (Wildman–Crippen LogP) is 3.65. The molecule has 1 aliphatic rings. The number of aromatic nitrogens is 2. The predicted molar refractivity (Wildman–Crippen MR) is 87.5 cm³/mol. The summed E-state index contributed by atoms with van der Waals surface area (Å²) in [6.07, 6.45) is 6.50. The summed E-state index contributed by atoms with van der Waals surface area (Å²) >= 11 is 6.36. The maximum Gasteiger partial charge on any atom is 0.179 e. The van der Waals surface area contributed by atoms with Gasteiger partial charge in [-0.05, 0) is 43.4 Å². The Morgan fingerprint density at radius 1 is 1.32 bits per heavy atom. The third kappa shape index (κ3) is 2.73. The first-order valence-corrected chi connectivity index (χ1v) is 7.80. The fourth-order valence-corrected chi connectivity index (χ4v) is 3.15. The van der Waals surface area contributed by atoms with Crippen molar-refractivity contribution in [3.63, 3.8) is 0 Å². The molecule has 0 aliphatic heterocycles. The van der Waals surface area contributed by atoms with Crippen molar-refractivity contribution in [3.05, 3.63) is 23.4 Å². The second-order valence-corrected chi connectivity index (χ2v) is 5.99. The molecule has 0 amide bonds. The Morgan fingerprint density at radius 3 is 2.64 bits per heavy atom. The van der Waals surface area contributed by atoms with Gasteiger partial charge < -0.3 is 15.2 Å². The van der Waals surface area contributed by atoms with E-state index in [0.29, 0.717) is 22.3 Å². The van der Waals surface area contributed by atoms with E-state index >= 15 is 0 Å². The summed E-state index contributed by atoms with van der Waals surface area (Å²) in [4.78, 5) is 0. The molecule has 6 heteroatoms. The molecular weight excluding hydrogens is 302 g/mol. The molecule has 1 aromatic heterocycles. The first-order valence-electron chi connectivity index (χ1n) is 7.42. The summed E-state index contributed by atoms with van der Waals surface area (Å²) in [6.45, 7) is 0. The highest BCUT2D eigenvalue weighted by Crippen LogP contribution is 2.41. The third-order valence-corrected chi connectivity index (χ3v) is 4.39. The number of rotatable bonds is 4. The van der Waals surface area contributed by atoms with Crippen molar-refractivity contribution in [2.24, 2.45) is 7.05 Å². The van der Waals surface area contributed by atoms with Crippen molar-refractivity contribution in [1.29, 1.82) is 0 Å². The molecule has 0 unspecified atom stereocenters. The molecule has 3 rings (SSSR count). The molecule has 0 radical (unpaired) electrons. The van der Waals surface area contributed by atoms with Crippen molar-refractivity contribution < 1.29 is 9.47 Å². The fraction of sp³-hybridized carbons (Fsp3) is 0.438. The van der Waals surface area contributed by atoms with E-state index in [9.17, 15) is 0 Å². The SMILES string of the molecule is COc1c(Cl)cc(-c2cnn(C)c2N)cc1OC1CCCC1. The van der Waals surface area contributed by atoms with E-state index in [2.05, 4.69) is 5.10 Å². The quantitative estimate of drug-likeness (QED) is 0.933. The minimum absolute atomic E-state index is 0.228. The van der Waals surface area contributed by atoms with Crippen LogP contribution in [0.4, 0.5) is 5.82 Å². The molecule has 5 nitrogen and oxygen atoms in total. The largest absolute Gasteiger partial charge is 0.491 e. The molecule has 0 spiro atoms. The van der Waals surface area contributed by atoms with Gasteiger partial charge in [0.25, 0.3) is 0 Å². The second-order valence-electron chi connectivity index (χ2n) is 5.58. The monoisotopic (exact) mass is 321 g/mol. The third-order valence-electron chi connectivity index (χ3n) is 4.11. The Labute approximate surface area is 135 Å². The van der Waals surface area contributed by atoms with Gasteiger partial charge in [-0.1, -0.05) is 11.6 Å². The molecule has 2 aromatic rings. The Morgan fingerprint density at radius 2 is 2.05 bits per heavy atom. The number of benzene rings is 1. The first-order chi connectivity index (χ1) is 10.6. The average molecular weight is 322 g/mol. The number of anilines is 1. The summed E-state index contributed by atoms with van der Waals surface area (Å²) in [5.41, 5.74) is 7.77. The number of hydrogen-bond donors (Lipinski definition) is 1. The number of ether oxygens (including phenoxy) is 2. The summed E-state index contributed by atoms with van der Waals surface area (Å²) in [7, 11) is 3.40. The van der Waals surface area contributed by atoms with Crippen molar-refractivity contribution >= 4 is 17.4 Å². The van der Waals surface area contributed by atoms with Gasteiger partial charge in [-0.3, -0.25) is 4.68 Å².